The molecule has 0 spiro atoms. The van der Waals surface area contributed by atoms with E-state index in [9.17, 15) is 4.79 Å². The van der Waals surface area contributed by atoms with Crippen LogP contribution in [0.3, 0.4) is 0 Å². The van der Waals surface area contributed by atoms with Crippen LogP contribution in [0.25, 0.3) is 22.1 Å². The van der Waals surface area contributed by atoms with Crippen molar-refractivity contribution in [3.8, 4) is 22.8 Å². The van der Waals surface area contributed by atoms with Crippen LogP contribution in [0.1, 0.15) is 6.92 Å². The van der Waals surface area contributed by atoms with Crippen LogP contribution in [0.2, 0.25) is 0 Å². The van der Waals surface area contributed by atoms with Crippen molar-refractivity contribution in [1.29, 1.82) is 0 Å². The molecule has 0 radical (unpaired) electrons. The van der Waals surface area contributed by atoms with Crippen molar-refractivity contribution < 1.29 is 13.9 Å². The number of ether oxygens (including phenoxy) is 2. The second-order valence-corrected chi connectivity index (χ2v) is 7.04. The average Bonchev–Trinajstić information content (AvgIpc) is 2.73. The molecular formula is C22H24N2O4. The zero-order valence-electron chi connectivity index (χ0n) is 16.3. The Balaban J connectivity index is 1.73. The lowest BCUT2D eigenvalue weighted by atomic mass is 10.1. The zero-order valence-corrected chi connectivity index (χ0v) is 16.3. The number of nitrogens with zero attached hydrogens (tertiary/aromatic N) is 1. The third kappa shape index (κ3) is 3.43. The van der Waals surface area contributed by atoms with E-state index in [0.717, 1.165) is 36.3 Å². The number of rotatable bonds is 4. The van der Waals surface area contributed by atoms with Crippen LogP contribution < -0.4 is 25.3 Å². The lowest BCUT2D eigenvalue weighted by Crippen LogP contribution is -2.49. The largest absolute Gasteiger partial charge is 0.493 e. The maximum absolute atomic E-state index is 12.7. The third-order valence-electron chi connectivity index (χ3n) is 5.15. The van der Waals surface area contributed by atoms with Crippen LogP contribution in [0.4, 0.5) is 5.69 Å². The molecule has 1 aliphatic heterocycles. The van der Waals surface area contributed by atoms with Crippen molar-refractivity contribution in [2.75, 3.05) is 38.8 Å². The summed E-state index contributed by atoms with van der Waals surface area (Å²) < 4.78 is 16.3. The Labute approximate surface area is 163 Å². The van der Waals surface area contributed by atoms with Gasteiger partial charge in [-0.3, -0.25) is 0 Å². The summed E-state index contributed by atoms with van der Waals surface area (Å²) in [6.07, 6.45) is 0. The Kier molecular flexibility index (Phi) is 4.96. The maximum Gasteiger partial charge on any atom is 0.344 e. The molecule has 1 atom stereocenters. The molecule has 0 bridgehead atoms. The first kappa shape index (κ1) is 18.4. The van der Waals surface area contributed by atoms with Crippen molar-refractivity contribution in [3.05, 3.63) is 52.9 Å². The molecule has 28 heavy (non-hydrogen) atoms. The van der Waals surface area contributed by atoms with Crippen molar-refractivity contribution in [2.24, 2.45) is 0 Å². The van der Waals surface area contributed by atoms with Gasteiger partial charge in [-0.2, -0.15) is 0 Å². The highest BCUT2D eigenvalue weighted by atomic mass is 16.5. The molecule has 0 saturated carbocycles. The van der Waals surface area contributed by atoms with Crippen molar-refractivity contribution in [2.45, 2.75) is 13.0 Å². The van der Waals surface area contributed by atoms with Gasteiger partial charge in [0.05, 0.1) is 19.6 Å². The average molecular weight is 380 g/mol. The molecule has 1 aromatic heterocycles. The number of methoxy groups -OCH3 is 2. The minimum Gasteiger partial charge on any atom is -0.493 e. The first-order valence-electron chi connectivity index (χ1n) is 9.37. The minimum absolute atomic E-state index is 0.340. The smallest absolute Gasteiger partial charge is 0.344 e. The fourth-order valence-corrected chi connectivity index (χ4v) is 3.67. The van der Waals surface area contributed by atoms with Crippen molar-refractivity contribution in [3.63, 3.8) is 0 Å². The summed E-state index contributed by atoms with van der Waals surface area (Å²) in [5, 5.41) is 4.88. The molecule has 2 aromatic carbocycles. The molecule has 6 heteroatoms. The summed E-state index contributed by atoms with van der Waals surface area (Å²) in [5.74, 6) is 1.72. The van der Waals surface area contributed by atoms with E-state index in [1.807, 2.05) is 24.3 Å². The standard InChI is InChI=1S/C22H24N2O4/c1-14-13-24(9-8-23-14)17-6-4-15-10-20(28-22(25)18(15)12-17)16-5-7-19(26-2)21(11-16)27-3/h4-7,10-12,14,23H,8-9,13H2,1-3H3/t14-/m0/s1. The van der Waals surface area contributed by atoms with Gasteiger partial charge in [0.15, 0.2) is 11.5 Å². The van der Waals surface area contributed by atoms with Crippen LogP contribution in [0, 0.1) is 0 Å². The number of anilines is 1. The Hall–Kier alpha value is -2.99. The molecule has 146 valence electrons. The molecule has 2 heterocycles. The molecule has 4 rings (SSSR count). The minimum atomic E-state index is -0.340. The summed E-state index contributed by atoms with van der Waals surface area (Å²) in [6, 6.07) is 13.7. The van der Waals surface area contributed by atoms with Gasteiger partial charge in [-0.25, -0.2) is 4.79 Å². The molecule has 1 aliphatic rings. The summed E-state index contributed by atoms with van der Waals surface area (Å²) in [4.78, 5) is 15.0. The number of fused-ring (bicyclic) bond motifs is 1. The van der Waals surface area contributed by atoms with E-state index in [4.69, 9.17) is 13.9 Å². The molecule has 3 aromatic rings. The predicted molar refractivity (Wildman–Crippen MR) is 111 cm³/mol. The van der Waals surface area contributed by atoms with E-state index in [1.165, 1.54) is 0 Å². The second kappa shape index (κ2) is 7.56. The van der Waals surface area contributed by atoms with Gasteiger partial charge in [-0.1, -0.05) is 6.07 Å². The van der Waals surface area contributed by atoms with Crippen molar-refractivity contribution >= 4 is 16.5 Å². The van der Waals surface area contributed by atoms with E-state index in [1.54, 1.807) is 26.4 Å². The van der Waals surface area contributed by atoms with Gasteiger partial charge in [-0.05, 0) is 48.7 Å². The lowest BCUT2D eigenvalue weighted by molar-refractivity contribution is 0.355. The Morgan fingerprint density at radius 3 is 2.64 bits per heavy atom. The van der Waals surface area contributed by atoms with E-state index < -0.39 is 0 Å². The fourth-order valence-electron chi connectivity index (χ4n) is 3.67. The number of hydrogen-bond acceptors (Lipinski definition) is 6. The number of nitrogens with one attached hydrogen (secondary N) is 1. The normalized spacial score (nSPS) is 17.0. The number of hydrogen-bond donors (Lipinski definition) is 1. The Bertz CT molecular complexity index is 1060. The van der Waals surface area contributed by atoms with E-state index in [-0.39, 0.29) is 5.63 Å². The van der Waals surface area contributed by atoms with Crippen LogP contribution in [-0.2, 0) is 0 Å². The quantitative estimate of drug-likeness (QED) is 0.749. The van der Waals surface area contributed by atoms with Gasteiger partial charge in [0.25, 0.3) is 0 Å². The monoisotopic (exact) mass is 380 g/mol. The second-order valence-electron chi connectivity index (χ2n) is 7.04. The number of piperazine rings is 1. The first-order valence-corrected chi connectivity index (χ1v) is 9.37. The summed E-state index contributed by atoms with van der Waals surface area (Å²) in [6.45, 7) is 4.94. The third-order valence-corrected chi connectivity index (χ3v) is 5.15. The predicted octanol–water partition coefficient (Wildman–Crippen LogP) is 3.28. The fraction of sp³-hybridized carbons (Fsp3) is 0.318. The molecule has 0 aliphatic carbocycles. The molecule has 6 nitrogen and oxygen atoms in total. The molecular weight excluding hydrogens is 356 g/mol. The van der Waals surface area contributed by atoms with Gasteiger partial charge in [0.1, 0.15) is 5.76 Å². The van der Waals surface area contributed by atoms with E-state index in [2.05, 4.69) is 23.2 Å². The van der Waals surface area contributed by atoms with Gasteiger partial charge >= 0.3 is 5.63 Å². The van der Waals surface area contributed by atoms with Crippen LogP contribution >= 0.6 is 0 Å². The van der Waals surface area contributed by atoms with E-state index >= 15 is 0 Å². The topological polar surface area (TPSA) is 63.9 Å². The van der Waals surface area contributed by atoms with Crippen LogP contribution in [-0.4, -0.2) is 39.9 Å². The summed E-state index contributed by atoms with van der Waals surface area (Å²) in [5.41, 5.74) is 1.47. The number of benzene rings is 2. The highest BCUT2D eigenvalue weighted by Crippen LogP contribution is 2.33. The van der Waals surface area contributed by atoms with Crippen LogP contribution in [0.15, 0.2) is 51.7 Å². The maximum atomic E-state index is 12.7. The van der Waals surface area contributed by atoms with Crippen LogP contribution in [0.5, 0.6) is 11.5 Å². The molecule has 0 unspecified atom stereocenters. The van der Waals surface area contributed by atoms with Crippen molar-refractivity contribution in [1.82, 2.24) is 5.32 Å². The highest BCUT2D eigenvalue weighted by Gasteiger charge is 2.17. The van der Waals surface area contributed by atoms with Gasteiger partial charge in [0, 0.05) is 36.9 Å². The lowest BCUT2D eigenvalue weighted by Gasteiger charge is -2.33. The molecule has 1 N–H and O–H groups in total. The van der Waals surface area contributed by atoms with Gasteiger partial charge < -0.3 is 24.1 Å². The highest BCUT2D eigenvalue weighted by molar-refractivity contribution is 5.87. The zero-order chi connectivity index (χ0) is 19.7. The van der Waals surface area contributed by atoms with Gasteiger partial charge in [0.2, 0.25) is 0 Å². The SMILES string of the molecule is COc1ccc(-c2cc3ccc(N4CCN[C@@H](C)C4)cc3c(=O)o2)cc1OC. The molecule has 1 fully saturated rings. The Morgan fingerprint density at radius 2 is 1.89 bits per heavy atom. The Morgan fingerprint density at radius 1 is 1.07 bits per heavy atom. The summed E-state index contributed by atoms with van der Waals surface area (Å²) >= 11 is 0. The first-order chi connectivity index (χ1) is 13.6. The van der Waals surface area contributed by atoms with Gasteiger partial charge in [-0.15, -0.1) is 0 Å². The molecule has 0 amide bonds. The summed E-state index contributed by atoms with van der Waals surface area (Å²) in [7, 11) is 3.17. The van der Waals surface area contributed by atoms with E-state index in [0.29, 0.717) is 28.7 Å². The molecule has 1 saturated heterocycles.